The molecule has 1 aromatic heterocycles. The number of piperazine rings is 1. The van der Waals surface area contributed by atoms with E-state index in [1.807, 2.05) is 47.9 Å². The van der Waals surface area contributed by atoms with Crippen LogP contribution in [0.1, 0.15) is 41.6 Å². The van der Waals surface area contributed by atoms with Crippen LogP contribution in [0.5, 0.6) is 0 Å². The molecule has 2 aliphatic heterocycles. The van der Waals surface area contributed by atoms with Gasteiger partial charge in [0.05, 0.1) is 6.54 Å². The van der Waals surface area contributed by atoms with Crippen LogP contribution in [-0.4, -0.2) is 88.9 Å². The minimum Gasteiger partial charge on any atom is -0.354 e. The largest absolute Gasteiger partial charge is 0.354 e. The Morgan fingerprint density at radius 3 is 2.47 bits per heavy atom. The minimum absolute atomic E-state index is 0.0353. The number of thioether (sulfide) groups is 1. The van der Waals surface area contributed by atoms with Crippen LogP contribution in [0.4, 0.5) is 11.5 Å². The number of hydrogen-bond acceptors (Lipinski definition) is 7. The zero-order chi connectivity index (χ0) is 24.1. The molecule has 0 atom stereocenters. The van der Waals surface area contributed by atoms with Crippen molar-refractivity contribution in [2.75, 3.05) is 67.5 Å². The number of aromatic nitrogens is 2. The van der Waals surface area contributed by atoms with Gasteiger partial charge in [-0.1, -0.05) is 19.9 Å². The number of rotatable bonds is 6. The van der Waals surface area contributed by atoms with Crippen molar-refractivity contribution in [1.82, 2.24) is 19.8 Å². The number of anilines is 2. The molecule has 9 heteroatoms. The third-order valence-corrected chi connectivity index (χ3v) is 7.07. The number of aryl methyl sites for hydroxylation is 1. The Morgan fingerprint density at radius 1 is 1.03 bits per heavy atom. The average molecular weight is 483 g/mol. The summed E-state index contributed by atoms with van der Waals surface area (Å²) in [6, 6.07) is 9.30. The Kier molecular flexibility index (Phi) is 8.05. The van der Waals surface area contributed by atoms with Gasteiger partial charge in [0.1, 0.15) is 11.6 Å². The van der Waals surface area contributed by atoms with Gasteiger partial charge in [0, 0.05) is 79.7 Å². The Labute approximate surface area is 206 Å². The monoisotopic (exact) mass is 482 g/mol. The van der Waals surface area contributed by atoms with Gasteiger partial charge in [-0.2, -0.15) is 11.8 Å². The Balaban J connectivity index is 1.29. The van der Waals surface area contributed by atoms with Crippen LogP contribution in [0.2, 0.25) is 0 Å². The van der Waals surface area contributed by atoms with E-state index < -0.39 is 0 Å². The van der Waals surface area contributed by atoms with Crippen molar-refractivity contribution in [2.24, 2.45) is 0 Å². The third kappa shape index (κ3) is 6.27. The molecule has 0 radical (unpaired) electrons. The third-order valence-electron chi connectivity index (χ3n) is 6.13. The van der Waals surface area contributed by atoms with E-state index in [1.54, 1.807) is 6.07 Å². The van der Waals surface area contributed by atoms with Gasteiger partial charge in [-0.3, -0.25) is 14.5 Å². The molecule has 0 aliphatic carbocycles. The highest BCUT2D eigenvalue weighted by Crippen LogP contribution is 2.19. The van der Waals surface area contributed by atoms with Crippen LogP contribution in [0.25, 0.3) is 0 Å². The predicted octanol–water partition coefficient (Wildman–Crippen LogP) is 2.86. The van der Waals surface area contributed by atoms with Crippen molar-refractivity contribution in [2.45, 2.75) is 26.7 Å². The fraction of sp³-hybridized carbons (Fsp3) is 0.520. The Morgan fingerprint density at radius 2 is 1.76 bits per heavy atom. The average Bonchev–Trinajstić information content (AvgIpc) is 2.84. The zero-order valence-corrected chi connectivity index (χ0v) is 21.1. The molecule has 0 saturated carbocycles. The van der Waals surface area contributed by atoms with Crippen molar-refractivity contribution in [3.8, 4) is 0 Å². The molecule has 3 heterocycles. The standard InChI is InChI=1S/C25H34N6O2S/c1-18(2)24-26-19(3)15-22(28-24)30-9-7-29(8-10-30)17-23(32)27-21-6-4-5-20(16-21)25(33)31-11-13-34-14-12-31/h4-6,15-16,18H,7-14,17H2,1-3H3,(H,27,32). The van der Waals surface area contributed by atoms with E-state index in [2.05, 4.69) is 33.9 Å². The fourth-order valence-corrected chi connectivity index (χ4v) is 5.12. The number of carbonyl (C=O) groups is 2. The van der Waals surface area contributed by atoms with E-state index in [1.165, 1.54) is 0 Å². The molecule has 2 amide bonds. The SMILES string of the molecule is Cc1cc(N2CCN(CC(=O)Nc3cccc(C(=O)N4CCSCC4)c3)CC2)nc(C(C)C)n1. The topological polar surface area (TPSA) is 81.7 Å². The second-order valence-electron chi connectivity index (χ2n) is 9.18. The van der Waals surface area contributed by atoms with Crippen molar-refractivity contribution < 1.29 is 9.59 Å². The van der Waals surface area contributed by atoms with Crippen LogP contribution >= 0.6 is 11.8 Å². The number of hydrogen-bond donors (Lipinski definition) is 1. The highest BCUT2D eigenvalue weighted by Gasteiger charge is 2.22. The van der Waals surface area contributed by atoms with Gasteiger partial charge in [-0.05, 0) is 25.1 Å². The number of benzene rings is 1. The first-order chi connectivity index (χ1) is 16.4. The van der Waals surface area contributed by atoms with Crippen molar-refractivity contribution in [3.63, 3.8) is 0 Å². The number of amides is 2. The first-order valence-corrected chi connectivity index (χ1v) is 13.1. The quantitative estimate of drug-likeness (QED) is 0.678. The molecular formula is C25H34N6O2S. The minimum atomic E-state index is -0.0626. The highest BCUT2D eigenvalue weighted by molar-refractivity contribution is 7.99. The summed E-state index contributed by atoms with van der Waals surface area (Å²) in [5.41, 5.74) is 2.27. The summed E-state index contributed by atoms with van der Waals surface area (Å²) in [7, 11) is 0. The molecule has 0 unspecified atom stereocenters. The maximum atomic E-state index is 12.8. The summed E-state index contributed by atoms with van der Waals surface area (Å²) in [4.78, 5) is 41.0. The molecule has 0 spiro atoms. The van der Waals surface area contributed by atoms with E-state index in [-0.39, 0.29) is 17.7 Å². The molecule has 1 aromatic carbocycles. The zero-order valence-electron chi connectivity index (χ0n) is 20.3. The maximum Gasteiger partial charge on any atom is 0.253 e. The summed E-state index contributed by atoms with van der Waals surface area (Å²) in [6.45, 7) is 11.3. The van der Waals surface area contributed by atoms with Crippen LogP contribution < -0.4 is 10.2 Å². The van der Waals surface area contributed by atoms with Gasteiger partial charge in [0.25, 0.3) is 5.91 Å². The molecule has 2 fully saturated rings. The normalized spacial score (nSPS) is 17.2. The summed E-state index contributed by atoms with van der Waals surface area (Å²) >= 11 is 1.88. The molecule has 4 rings (SSSR count). The van der Waals surface area contributed by atoms with E-state index in [0.29, 0.717) is 17.8 Å². The van der Waals surface area contributed by atoms with E-state index >= 15 is 0 Å². The number of nitrogens with zero attached hydrogens (tertiary/aromatic N) is 5. The molecule has 2 aliphatic rings. The lowest BCUT2D eigenvalue weighted by molar-refractivity contribution is -0.117. The van der Waals surface area contributed by atoms with Crippen LogP contribution in [-0.2, 0) is 4.79 Å². The summed E-state index contributed by atoms with van der Waals surface area (Å²) < 4.78 is 0. The second kappa shape index (κ2) is 11.2. The fourth-order valence-electron chi connectivity index (χ4n) is 4.21. The second-order valence-corrected chi connectivity index (χ2v) is 10.4. The highest BCUT2D eigenvalue weighted by atomic mass is 32.2. The number of nitrogens with one attached hydrogen (secondary N) is 1. The Hall–Kier alpha value is -2.65. The summed E-state index contributed by atoms with van der Waals surface area (Å²) in [6.07, 6.45) is 0. The van der Waals surface area contributed by atoms with Crippen LogP contribution in [0.3, 0.4) is 0 Å². The summed E-state index contributed by atoms with van der Waals surface area (Å²) in [5.74, 6) is 4.05. The lowest BCUT2D eigenvalue weighted by Gasteiger charge is -2.35. The molecule has 2 saturated heterocycles. The van der Waals surface area contributed by atoms with Gasteiger partial charge in [0.2, 0.25) is 5.91 Å². The van der Waals surface area contributed by atoms with Gasteiger partial charge in [-0.15, -0.1) is 0 Å². The molecule has 182 valence electrons. The van der Waals surface area contributed by atoms with E-state index in [0.717, 1.165) is 68.1 Å². The van der Waals surface area contributed by atoms with Crippen molar-refractivity contribution >= 4 is 35.1 Å². The molecule has 34 heavy (non-hydrogen) atoms. The summed E-state index contributed by atoms with van der Waals surface area (Å²) in [5, 5.41) is 2.97. The van der Waals surface area contributed by atoms with Crippen molar-refractivity contribution in [1.29, 1.82) is 0 Å². The first kappa shape index (κ1) is 24.5. The van der Waals surface area contributed by atoms with Crippen molar-refractivity contribution in [3.05, 3.63) is 47.4 Å². The predicted molar refractivity (Wildman–Crippen MR) is 138 cm³/mol. The smallest absolute Gasteiger partial charge is 0.253 e. The van der Waals surface area contributed by atoms with Gasteiger partial charge < -0.3 is 15.1 Å². The maximum absolute atomic E-state index is 12.8. The molecule has 1 N–H and O–H groups in total. The Bertz CT molecular complexity index is 1020. The van der Waals surface area contributed by atoms with Gasteiger partial charge in [0.15, 0.2) is 0 Å². The van der Waals surface area contributed by atoms with Gasteiger partial charge in [-0.25, -0.2) is 9.97 Å². The number of carbonyl (C=O) groups excluding carboxylic acids is 2. The lowest BCUT2D eigenvalue weighted by atomic mass is 10.1. The molecule has 2 aromatic rings. The van der Waals surface area contributed by atoms with Gasteiger partial charge >= 0.3 is 0 Å². The molecule has 8 nitrogen and oxygen atoms in total. The molecular weight excluding hydrogens is 448 g/mol. The van der Waals surface area contributed by atoms with E-state index in [9.17, 15) is 9.59 Å². The lowest BCUT2D eigenvalue weighted by Crippen LogP contribution is -2.49. The molecule has 0 bridgehead atoms. The van der Waals surface area contributed by atoms with E-state index in [4.69, 9.17) is 4.98 Å². The first-order valence-electron chi connectivity index (χ1n) is 12.0. The van der Waals surface area contributed by atoms with Crippen LogP contribution in [0.15, 0.2) is 30.3 Å². The van der Waals surface area contributed by atoms with Crippen LogP contribution in [0, 0.1) is 6.92 Å².